The fourth-order valence-electron chi connectivity index (χ4n) is 2.35. The highest BCUT2D eigenvalue weighted by Gasteiger charge is 2.28. The van der Waals surface area contributed by atoms with Crippen molar-refractivity contribution in [2.24, 2.45) is 0 Å². The van der Waals surface area contributed by atoms with Crippen LogP contribution in [0.2, 0.25) is 0 Å². The predicted octanol–water partition coefficient (Wildman–Crippen LogP) is 2.79. The van der Waals surface area contributed by atoms with E-state index in [1.807, 2.05) is 0 Å². The summed E-state index contributed by atoms with van der Waals surface area (Å²) in [6.45, 7) is 5.56. The molecule has 1 aliphatic rings. The number of nitrogens with one attached hydrogen (secondary N) is 1. The van der Waals surface area contributed by atoms with Gasteiger partial charge in [0.25, 0.3) is 0 Å². The summed E-state index contributed by atoms with van der Waals surface area (Å²) in [4.78, 5) is 2.20. The molecular formula is C12H23F3N2. The maximum Gasteiger partial charge on any atom is 0.389 e. The summed E-state index contributed by atoms with van der Waals surface area (Å²) < 4.78 is 36.1. The molecule has 0 aromatic rings. The molecule has 1 rings (SSSR count). The predicted molar refractivity (Wildman–Crippen MR) is 63.0 cm³/mol. The molecule has 1 N–H and O–H groups in total. The average Bonchev–Trinajstić information content (AvgIpc) is 2.64. The van der Waals surface area contributed by atoms with Crippen molar-refractivity contribution in [3.63, 3.8) is 0 Å². The lowest BCUT2D eigenvalue weighted by Crippen LogP contribution is -2.38. The monoisotopic (exact) mass is 252 g/mol. The Bertz CT molecular complexity index is 206. The minimum absolute atomic E-state index is 0.230. The van der Waals surface area contributed by atoms with E-state index in [-0.39, 0.29) is 6.42 Å². The molecule has 0 radical (unpaired) electrons. The lowest BCUT2D eigenvalue weighted by molar-refractivity contribution is -0.136. The molecule has 1 aliphatic heterocycles. The highest BCUT2D eigenvalue weighted by atomic mass is 19.4. The second-order valence-electron chi connectivity index (χ2n) is 4.75. The molecule has 17 heavy (non-hydrogen) atoms. The number of rotatable bonds is 7. The second-order valence-corrected chi connectivity index (χ2v) is 4.75. The molecule has 0 spiro atoms. The smallest absolute Gasteiger partial charge is 0.315 e. The summed E-state index contributed by atoms with van der Waals surface area (Å²) in [5, 5.41) is 3.35. The topological polar surface area (TPSA) is 15.3 Å². The first-order valence-corrected chi connectivity index (χ1v) is 6.54. The van der Waals surface area contributed by atoms with Gasteiger partial charge in [-0.3, -0.25) is 4.90 Å². The van der Waals surface area contributed by atoms with Crippen LogP contribution in [0.1, 0.15) is 39.0 Å². The summed E-state index contributed by atoms with van der Waals surface area (Å²) in [5.74, 6) is 0. The first-order valence-electron chi connectivity index (χ1n) is 6.54. The highest BCUT2D eigenvalue weighted by Crippen LogP contribution is 2.23. The number of halogens is 3. The van der Waals surface area contributed by atoms with Crippen LogP contribution in [0.4, 0.5) is 13.2 Å². The van der Waals surface area contributed by atoms with Crippen LogP contribution < -0.4 is 5.32 Å². The number of alkyl halides is 3. The van der Waals surface area contributed by atoms with Crippen LogP contribution in [0, 0.1) is 0 Å². The Morgan fingerprint density at radius 3 is 2.76 bits per heavy atom. The Kier molecular flexibility index (Phi) is 6.27. The Labute approximate surface area is 102 Å². The SMILES string of the molecule is CCCNCC1CCCN1CCCC(F)(F)F. The van der Waals surface area contributed by atoms with Crippen LogP contribution in [0.3, 0.4) is 0 Å². The van der Waals surface area contributed by atoms with E-state index < -0.39 is 12.6 Å². The number of likely N-dealkylation sites (tertiary alicyclic amines) is 1. The molecule has 1 heterocycles. The van der Waals surface area contributed by atoms with Crippen molar-refractivity contribution in [3.8, 4) is 0 Å². The van der Waals surface area contributed by atoms with Crippen molar-refractivity contribution >= 4 is 0 Å². The van der Waals surface area contributed by atoms with Crippen molar-refractivity contribution in [2.75, 3.05) is 26.2 Å². The maximum absolute atomic E-state index is 12.0. The van der Waals surface area contributed by atoms with Gasteiger partial charge in [0.1, 0.15) is 0 Å². The zero-order valence-electron chi connectivity index (χ0n) is 10.5. The van der Waals surface area contributed by atoms with Crippen molar-refractivity contribution in [2.45, 2.75) is 51.2 Å². The fraction of sp³-hybridized carbons (Fsp3) is 1.00. The highest BCUT2D eigenvalue weighted by molar-refractivity contribution is 4.80. The van der Waals surface area contributed by atoms with E-state index >= 15 is 0 Å². The molecule has 5 heteroatoms. The zero-order chi connectivity index (χ0) is 12.7. The van der Waals surface area contributed by atoms with Crippen LogP contribution in [0.5, 0.6) is 0 Å². The van der Waals surface area contributed by atoms with Crippen molar-refractivity contribution in [1.29, 1.82) is 0 Å². The molecule has 0 aromatic carbocycles. The van der Waals surface area contributed by atoms with Crippen LogP contribution in [-0.2, 0) is 0 Å². The van der Waals surface area contributed by atoms with Crippen molar-refractivity contribution in [3.05, 3.63) is 0 Å². The summed E-state index contributed by atoms with van der Waals surface area (Å²) in [5.41, 5.74) is 0. The third-order valence-electron chi connectivity index (χ3n) is 3.21. The van der Waals surface area contributed by atoms with Gasteiger partial charge in [0.15, 0.2) is 0 Å². The Morgan fingerprint density at radius 1 is 1.35 bits per heavy atom. The van der Waals surface area contributed by atoms with Crippen molar-refractivity contribution < 1.29 is 13.2 Å². The lowest BCUT2D eigenvalue weighted by Gasteiger charge is -2.24. The van der Waals surface area contributed by atoms with Crippen LogP contribution in [0.15, 0.2) is 0 Å². The van der Waals surface area contributed by atoms with Gasteiger partial charge in [-0.05, 0) is 45.3 Å². The zero-order valence-corrected chi connectivity index (χ0v) is 10.5. The lowest BCUT2D eigenvalue weighted by atomic mass is 10.2. The van der Waals surface area contributed by atoms with E-state index in [9.17, 15) is 13.2 Å². The minimum Gasteiger partial charge on any atom is -0.315 e. The molecule has 0 bridgehead atoms. The van der Waals surface area contributed by atoms with Gasteiger partial charge in [-0.1, -0.05) is 6.92 Å². The summed E-state index contributed by atoms with van der Waals surface area (Å²) in [7, 11) is 0. The van der Waals surface area contributed by atoms with Gasteiger partial charge in [-0.2, -0.15) is 13.2 Å². The first kappa shape index (κ1) is 14.8. The molecule has 1 fully saturated rings. The third kappa shape index (κ3) is 6.27. The minimum atomic E-state index is -4.00. The molecule has 1 atom stereocenters. The van der Waals surface area contributed by atoms with Gasteiger partial charge in [0.2, 0.25) is 0 Å². The van der Waals surface area contributed by atoms with Crippen LogP contribution in [-0.4, -0.2) is 43.3 Å². The Balaban J connectivity index is 2.17. The normalized spacial score (nSPS) is 22.2. The van der Waals surface area contributed by atoms with E-state index in [4.69, 9.17) is 0 Å². The average molecular weight is 252 g/mol. The fourth-order valence-corrected chi connectivity index (χ4v) is 2.35. The van der Waals surface area contributed by atoms with Crippen LogP contribution >= 0.6 is 0 Å². The molecule has 2 nitrogen and oxygen atoms in total. The first-order chi connectivity index (χ1) is 8.03. The van der Waals surface area contributed by atoms with E-state index in [1.54, 1.807) is 0 Å². The maximum atomic E-state index is 12.0. The van der Waals surface area contributed by atoms with Gasteiger partial charge in [-0.15, -0.1) is 0 Å². The van der Waals surface area contributed by atoms with Gasteiger partial charge < -0.3 is 5.32 Å². The molecule has 0 aliphatic carbocycles. The number of hydrogen-bond donors (Lipinski definition) is 1. The molecule has 0 aromatic heterocycles. The van der Waals surface area contributed by atoms with Gasteiger partial charge in [-0.25, -0.2) is 0 Å². The van der Waals surface area contributed by atoms with E-state index in [2.05, 4.69) is 17.1 Å². The molecule has 102 valence electrons. The Hall–Kier alpha value is -0.290. The molecule has 0 amide bonds. The summed E-state index contributed by atoms with van der Waals surface area (Å²) in [6.07, 6.45) is -1.10. The number of hydrogen-bond acceptors (Lipinski definition) is 2. The summed E-state index contributed by atoms with van der Waals surface area (Å²) in [6, 6.07) is 0.440. The van der Waals surface area contributed by atoms with E-state index in [0.29, 0.717) is 12.6 Å². The van der Waals surface area contributed by atoms with Gasteiger partial charge in [0.05, 0.1) is 0 Å². The molecule has 0 saturated carbocycles. The number of nitrogens with zero attached hydrogens (tertiary/aromatic N) is 1. The molecular weight excluding hydrogens is 229 g/mol. The van der Waals surface area contributed by atoms with Gasteiger partial charge in [0, 0.05) is 19.0 Å². The molecule has 1 saturated heterocycles. The third-order valence-corrected chi connectivity index (χ3v) is 3.21. The van der Waals surface area contributed by atoms with E-state index in [1.165, 1.54) is 0 Å². The van der Waals surface area contributed by atoms with Gasteiger partial charge >= 0.3 is 6.18 Å². The van der Waals surface area contributed by atoms with E-state index in [0.717, 1.165) is 38.9 Å². The van der Waals surface area contributed by atoms with Crippen LogP contribution in [0.25, 0.3) is 0 Å². The quantitative estimate of drug-likeness (QED) is 0.701. The Morgan fingerprint density at radius 2 is 2.12 bits per heavy atom. The summed E-state index contributed by atoms with van der Waals surface area (Å²) >= 11 is 0. The second kappa shape index (κ2) is 7.21. The standard InChI is InChI=1S/C12H23F3N2/c1-2-7-16-10-11-5-3-8-17(11)9-4-6-12(13,14)15/h11,16H,2-10H2,1H3. The largest absolute Gasteiger partial charge is 0.389 e. The molecule has 1 unspecified atom stereocenters. The van der Waals surface area contributed by atoms with Crippen molar-refractivity contribution in [1.82, 2.24) is 10.2 Å².